The number of fused-ring (bicyclic) bond motifs is 1. The Morgan fingerprint density at radius 3 is 3.05 bits per heavy atom. The summed E-state index contributed by atoms with van der Waals surface area (Å²) in [6.45, 7) is 0.833. The molecule has 2 heterocycles. The first-order valence-electron chi connectivity index (χ1n) is 6.16. The zero-order valence-corrected chi connectivity index (χ0v) is 15.1. The molecule has 20 heavy (non-hydrogen) atoms. The van der Waals surface area contributed by atoms with Gasteiger partial charge in [-0.1, -0.05) is 0 Å². The number of benzene rings is 1. The summed E-state index contributed by atoms with van der Waals surface area (Å²) >= 11 is 0.695. The second kappa shape index (κ2) is 5.35. The third kappa shape index (κ3) is 2.60. The van der Waals surface area contributed by atoms with Gasteiger partial charge in [-0.2, -0.15) is 0 Å². The van der Waals surface area contributed by atoms with Crippen molar-refractivity contribution in [1.29, 1.82) is 0 Å². The average molecular weight is 460 g/mol. The molecule has 7 heteroatoms. The molecule has 1 aromatic heterocycles. The number of non-ortho nitro benzene ring substituents is 1. The zero-order chi connectivity index (χ0) is 14.1. The van der Waals surface area contributed by atoms with E-state index in [1.165, 1.54) is 6.07 Å². The fourth-order valence-corrected chi connectivity index (χ4v) is 3.14. The van der Waals surface area contributed by atoms with Crippen molar-refractivity contribution in [3.8, 4) is 0 Å². The molecule has 0 unspecified atom stereocenters. The van der Waals surface area contributed by atoms with Gasteiger partial charge in [0.25, 0.3) is 0 Å². The molecule has 1 aromatic carbocycles. The molecule has 0 aliphatic carbocycles. The summed E-state index contributed by atoms with van der Waals surface area (Å²) in [6.07, 6.45) is 6.66. The molecule has 0 saturated heterocycles. The molecule has 0 fully saturated rings. The zero-order valence-electron chi connectivity index (χ0n) is 10.6. The molecule has 0 amide bonds. The van der Waals surface area contributed by atoms with E-state index in [4.69, 9.17) is 0 Å². The minimum absolute atomic E-state index is 0.119. The van der Waals surface area contributed by atoms with E-state index in [9.17, 15) is 10.1 Å². The molecule has 1 N–H and O–H groups in total. The summed E-state index contributed by atoms with van der Waals surface area (Å²) in [5.74, 6) is 0. The van der Waals surface area contributed by atoms with Crippen molar-refractivity contribution >= 4 is 49.1 Å². The number of anilines is 1. The molecular formula is C13H11N4O2Tl. The molecule has 98 valence electrons. The first-order chi connectivity index (χ1) is 9.63. The molecule has 0 saturated carbocycles. The topological polar surface area (TPSA) is 73.0 Å². The second-order valence-corrected chi connectivity index (χ2v) is 6.90. The van der Waals surface area contributed by atoms with E-state index in [1.807, 2.05) is 21.0 Å². The van der Waals surface area contributed by atoms with Crippen LogP contribution in [0.3, 0.4) is 0 Å². The van der Waals surface area contributed by atoms with E-state index < -0.39 is 0 Å². The number of aromatic nitrogens is 2. The summed E-state index contributed by atoms with van der Waals surface area (Å²) in [7, 11) is 0. The fourth-order valence-electron chi connectivity index (χ4n) is 2.29. The van der Waals surface area contributed by atoms with Gasteiger partial charge >= 0.3 is 132 Å². The number of nitro groups is 1. The van der Waals surface area contributed by atoms with Gasteiger partial charge in [-0.15, -0.1) is 0 Å². The van der Waals surface area contributed by atoms with Crippen LogP contribution in [0.4, 0.5) is 11.4 Å². The average Bonchev–Trinajstić information content (AvgIpc) is 2.84. The summed E-state index contributed by atoms with van der Waals surface area (Å²) in [5, 5.41) is 14.2. The Hall–Kier alpha value is -1.71. The summed E-state index contributed by atoms with van der Waals surface area (Å²) in [5.41, 5.74) is 3.96. The van der Waals surface area contributed by atoms with Crippen molar-refractivity contribution in [2.45, 2.75) is 6.42 Å². The number of rotatable bonds is 2. The fraction of sp³-hybridized carbons (Fsp3) is 0.154. The maximum absolute atomic E-state index is 10.9. The van der Waals surface area contributed by atoms with Crippen molar-refractivity contribution in [3.05, 3.63) is 52.1 Å². The first-order valence-corrected chi connectivity index (χ1v) is 8.16. The van der Waals surface area contributed by atoms with E-state index in [1.54, 1.807) is 12.1 Å². The van der Waals surface area contributed by atoms with Crippen molar-refractivity contribution in [2.24, 2.45) is 0 Å². The number of hydrogen-bond donors (Lipinski definition) is 1. The first kappa shape index (κ1) is 13.3. The van der Waals surface area contributed by atoms with Crippen LogP contribution in [0, 0.1) is 10.1 Å². The third-order valence-corrected chi connectivity index (χ3v) is 4.31. The Kier molecular flexibility index (Phi) is 3.55. The molecule has 1 aliphatic heterocycles. The van der Waals surface area contributed by atoms with Crippen LogP contribution in [0.15, 0.2) is 30.7 Å². The Balaban J connectivity index is 2.06. The molecule has 0 spiro atoms. The predicted octanol–water partition coefficient (Wildman–Crippen LogP) is 2.08. The van der Waals surface area contributed by atoms with Gasteiger partial charge in [0.05, 0.1) is 0 Å². The number of nitro benzene ring substituents is 1. The molecule has 6 nitrogen and oxygen atoms in total. The number of nitrogens with one attached hydrogen (secondary N) is 1. The van der Waals surface area contributed by atoms with Crippen LogP contribution in [0.25, 0.3) is 11.6 Å². The van der Waals surface area contributed by atoms with E-state index in [2.05, 4.69) is 10.3 Å². The van der Waals surface area contributed by atoms with Crippen molar-refractivity contribution in [1.82, 2.24) is 7.36 Å². The van der Waals surface area contributed by atoms with E-state index >= 15 is 0 Å². The van der Waals surface area contributed by atoms with Gasteiger partial charge < -0.3 is 0 Å². The molecule has 0 atom stereocenters. The second-order valence-electron chi connectivity index (χ2n) is 4.58. The molecule has 3 rings (SSSR count). The summed E-state index contributed by atoms with van der Waals surface area (Å²) in [6, 6.07) is 4.93. The minimum atomic E-state index is -0.361. The summed E-state index contributed by atoms with van der Waals surface area (Å²) < 4.78 is 2.04. The van der Waals surface area contributed by atoms with E-state index in [0.717, 1.165) is 35.5 Å². The van der Waals surface area contributed by atoms with Crippen molar-refractivity contribution in [3.63, 3.8) is 0 Å². The van der Waals surface area contributed by atoms with Crippen LogP contribution >= 0.6 is 0 Å². The molecule has 0 bridgehead atoms. The number of imidazole rings is 1. The van der Waals surface area contributed by atoms with Crippen LogP contribution in [0.2, 0.25) is 0 Å². The SMILES string of the molecule is O=[N+]([O-])c1ccc2c(c1)/C(=C/c1c[n]([Tl])cn1)CCN2. The van der Waals surface area contributed by atoms with Gasteiger partial charge in [-0.05, 0) is 0 Å². The van der Waals surface area contributed by atoms with Crippen molar-refractivity contribution < 1.29 is 4.92 Å². The number of nitrogens with zero attached hydrogens (tertiary/aromatic N) is 3. The van der Waals surface area contributed by atoms with Gasteiger partial charge in [0.15, 0.2) is 0 Å². The van der Waals surface area contributed by atoms with Crippen LogP contribution in [-0.2, 0) is 0 Å². The quantitative estimate of drug-likeness (QED) is 0.424. The van der Waals surface area contributed by atoms with E-state index in [0.29, 0.717) is 26.1 Å². The summed E-state index contributed by atoms with van der Waals surface area (Å²) in [4.78, 5) is 14.9. The van der Waals surface area contributed by atoms with Crippen LogP contribution < -0.4 is 5.32 Å². The van der Waals surface area contributed by atoms with E-state index in [-0.39, 0.29) is 10.6 Å². The Labute approximate surface area is 131 Å². The Morgan fingerprint density at radius 2 is 2.35 bits per heavy atom. The van der Waals surface area contributed by atoms with Crippen LogP contribution in [0.5, 0.6) is 0 Å². The van der Waals surface area contributed by atoms with Crippen LogP contribution in [0.1, 0.15) is 17.7 Å². The Morgan fingerprint density at radius 1 is 1.50 bits per heavy atom. The molecule has 1 aliphatic rings. The molecule has 0 radical (unpaired) electrons. The third-order valence-electron chi connectivity index (χ3n) is 3.21. The molecular weight excluding hydrogens is 449 g/mol. The molecule has 2 aromatic rings. The number of hydrogen-bond acceptors (Lipinski definition) is 4. The van der Waals surface area contributed by atoms with Crippen LogP contribution in [-0.4, -0.2) is 44.9 Å². The van der Waals surface area contributed by atoms with Gasteiger partial charge in [0, 0.05) is 0 Å². The standard InChI is InChI=1S/C13H11N4O2.Tl/c18-17(19)11-1-2-13-12(6-11)9(3-4-15-13)5-10-7-14-8-16-10;/h1-2,5-8,15H,3-4H2;/q-1;+1/b9-5+;. The normalized spacial score (nSPS) is 15.7. The van der Waals surface area contributed by atoms with Crippen molar-refractivity contribution in [2.75, 3.05) is 11.9 Å². The Bertz CT molecular complexity index is 708. The van der Waals surface area contributed by atoms with Gasteiger partial charge in [0.1, 0.15) is 0 Å². The van der Waals surface area contributed by atoms with Gasteiger partial charge in [0.2, 0.25) is 0 Å². The van der Waals surface area contributed by atoms with Gasteiger partial charge in [-0.25, -0.2) is 0 Å². The van der Waals surface area contributed by atoms with Gasteiger partial charge in [-0.3, -0.25) is 0 Å². The predicted molar refractivity (Wildman–Crippen MR) is 77.5 cm³/mol. The monoisotopic (exact) mass is 460 g/mol. The maximum atomic E-state index is 10.9.